The molecule has 1 atom stereocenters. The number of hydrogen-bond acceptors (Lipinski definition) is 5. The summed E-state index contributed by atoms with van der Waals surface area (Å²) in [6, 6.07) is 11.4. The molecule has 1 saturated heterocycles. The molecule has 2 N–H and O–H groups in total. The highest BCUT2D eigenvalue weighted by molar-refractivity contribution is 6.34. The normalized spacial score (nSPS) is 18.6. The third kappa shape index (κ3) is 3.03. The number of nitrogens with zero attached hydrogens (tertiary/aromatic N) is 2. The van der Waals surface area contributed by atoms with Crippen LogP contribution in [0.15, 0.2) is 42.5 Å². The molecule has 7 heteroatoms. The minimum Gasteiger partial charge on any atom is -0.494 e. The topological polar surface area (TPSA) is 92.9 Å². The van der Waals surface area contributed by atoms with Crippen LogP contribution in [0.2, 0.25) is 0 Å². The Labute approximate surface area is 162 Å². The third-order valence-electron chi connectivity index (χ3n) is 5.05. The number of fused-ring (bicyclic) bond motifs is 1. The third-order valence-corrected chi connectivity index (χ3v) is 5.05. The number of benzene rings is 2. The van der Waals surface area contributed by atoms with E-state index in [0.717, 1.165) is 11.3 Å². The quantitative estimate of drug-likeness (QED) is 0.821. The number of likely N-dealkylation sites (tertiary alicyclic amines) is 1. The van der Waals surface area contributed by atoms with Crippen molar-refractivity contribution in [2.75, 3.05) is 24.6 Å². The fraction of sp³-hybridized carbons (Fsp3) is 0.286. The van der Waals surface area contributed by atoms with E-state index < -0.39 is 11.8 Å². The molecule has 0 bridgehead atoms. The predicted octanol–water partition coefficient (Wildman–Crippen LogP) is 2.06. The Morgan fingerprint density at radius 3 is 2.46 bits per heavy atom. The van der Waals surface area contributed by atoms with Gasteiger partial charge in [0.05, 0.1) is 23.4 Å². The summed E-state index contributed by atoms with van der Waals surface area (Å²) < 4.78 is 5.40. The maximum atomic E-state index is 12.9. The summed E-state index contributed by atoms with van der Waals surface area (Å²) in [6.45, 7) is 3.52. The minimum atomic E-state index is -0.433. The van der Waals surface area contributed by atoms with Crippen LogP contribution in [0.5, 0.6) is 5.75 Å². The van der Waals surface area contributed by atoms with Gasteiger partial charge in [0.2, 0.25) is 0 Å². The fourth-order valence-corrected chi connectivity index (χ4v) is 3.62. The smallest absolute Gasteiger partial charge is 0.266 e. The molecule has 0 aliphatic carbocycles. The molecule has 0 spiro atoms. The molecule has 4 rings (SSSR count). The van der Waals surface area contributed by atoms with Crippen molar-refractivity contribution < 1.29 is 19.1 Å². The van der Waals surface area contributed by atoms with E-state index in [4.69, 9.17) is 10.5 Å². The highest BCUT2D eigenvalue weighted by Crippen LogP contribution is 2.30. The average molecular weight is 379 g/mol. The molecule has 144 valence electrons. The molecular weight excluding hydrogens is 358 g/mol. The molecule has 2 aliphatic heterocycles. The molecule has 2 aliphatic rings. The van der Waals surface area contributed by atoms with E-state index in [1.54, 1.807) is 41.3 Å². The Kier molecular flexibility index (Phi) is 4.60. The number of anilines is 1. The number of hydrogen-bond donors (Lipinski definition) is 1. The summed E-state index contributed by atoms with van der Waals surface area (Å²) in [6.07, 6.45) is 0.764. The van der Waals surface area contributed by atoms with Gasteiger partial charge in [-0.05, 0) is 55.8 Å². The molecule has 0 unspecified atom stereocenters. The molecule has 2 aromatic rings. The van der Waals surface area contributed by atoms with Gasteiger partial charge in [0.25, 0.3) is 17.7 Å². The summed E-state index contributed by atoms with van der Waals surface area (Å²) in [5.74, 6) is -0.335. The Hall–Kier alpha value is -3.19. The van der Waals surface area contributed by atoms with Crippen LogP contribution in [-0.2, 0) is 0 Å². The largest absolute Gasteiger partial charge is 0.494 e. The minimum absolute atomic E-state index is 0.0169. The lowest BCUT2D eigenvalue weighted by molar-refractivity contribution is 0.0790. The molecule has 0 aromatic heterocycles. The van der Waals surface area contributed by atoms with Crippen molar-refractivity contribution >= 4 is 23.4 Å². The summed E-state index contributed by atoms with van der Waals surface area (Å²) in [7, 11) is 0. The lowest BCUT2D eigenvalue weighted by Gasteiger charge is -2.16. The predicted molar refractivity (Wildman–Crippen MR) is 104 cm³/mol. The molecule has 0 saturated carbocycles. The first kappa shape index (κ1) is 18.2. The van der Waals surface area contributed by atoms with Crippen LogP contribution in [0.1, 0.15) is 44.4 Å². The second-order valence-corrected chi connectivity index (χ2v) is 6.93. The SMILES string of the molecule is CCOc1ccc(N2C(=O)c3ccc(C(=O)N4CC[C@@H](N)C4)cc3C2=O)cc1. The van der Waals surface area contributed by atoms with Gasteiger partial charge in [-0.25, -0.2) is 4.90 Å². The number of carbonyl (C=O) groups is 3. The van der Waals surface area contributed by atoms with Crippen LogP contribution < -0.4 is 15.4 Å². The standard InChI is InChI=1S/C21H21N3O4/c1-2-28-16-6-4-15(5-7-16)24-20(26)17-8-3-13(11-18(17)21(24)27)19(25)23-10-9-14(22)12-23/h3-8,11,14H,2,9-10,12,22H2,1H3/t14-/m1/s1. The van der Waals surface area contributed by atoms with Crippen molar-refractivity contribution in [1.82, 2.24) is 4.90 Å². The zero-order valence-electron chi connectivity index (χ0n) is 15.6. The Morgan fingerprint density at radius 2 is 1.82 bits per heavy atom. The van der Waals surface area contributed by atoms with Gasteiger partial charge in [-0.3, -0.25) is 14.4 Å². The summed E-state index contributed by atoms with van der Waals surface area (Å²) >= 11 is 0. The summed E-state index contributed by atoms with van der Waals surface area (Å²) in [5, 5.41) is 0. The van der Waals surface area contributed by atoms with Gasteiger partial charge in [0.1, 0.15) is 5.75 Å². The van der Waals surface area contributed by atoms with Gasteiger partial charge < -0.3 is 15.4 Å². The van der Waals surface area contributed by atoms with Gasteiger partial charge in [0.15, 0.2) is 0 Å². The number of amides is 3. The van der Waals surface area contributed by atoms with Gasteiger partial charge in [-0.15, -0.1) is 0 Å². The maximum Gasteiger partial charge on any atom is 0.266 e. The van der Waals surface area contributed by atoms with Crippen molar-refractivity contribution in [1.29, 1.82) is 0 Å². The molecule has 0 radical (unpaired) electrons. The first-order valence-corrected chi connectivity index (χ1v) is 9.30. The first-order chi connectivity index (χ1) is 13.5. The van der Waals surface area contributed by atoms with Gasteiger partial charge >= 0.3 is 0 Å². The van der Waals surface area contributed by atoms with Gasteiger partial charge in [-0.1, -0.05) is 0 Å². The number of ether oxygens (including phenoxy) is 1. The van der Waals surface area contributed by atoms with E-state index in [0.29, 0.717) is 42.3 Å². The molecule has 7 nitrogen and oxygen atoms in total. The van der Waals surface area contributed by atoms with E-state index >= 15 is 0 Å². The monoisotopic (exact) mass is 379 g/mol. The second-order valence-electron chi connectivity index (χ2n) is 6.93. The van der Waals surface area contributed by atoms with Crippen molar-refractivity contribution in [3.63, 3.8) is 0 Å². The lowest BCUT2D eigenvalue weighted by Crippen LogP contribution is -2.32. The zero-order valence-corrected chi connectivity index (χ0v) is 15.6. The molecule has 2 heterocycles. The highest BCUT2D eigenvalue weighted by atomic mass is 16.5. The van der Waals surface area contributed by atoms with E-state index in [-0.39, 0.29) is 17.5 Å². The number of imide groups is 1. The van der Waals surface area contributed by atoms with Gasteiger partial charge in [0, 0.05) is 24.7 Å². The lowest BCUT2D eigenvalue weighted by atomic mass is 10.0. The average Bonchev–Trinajstić information content (AvgIpc) is 3.24. The molecule has 3 amide bonds. The number of rotatable bonds is 4. The Morgan fingerprint density at radius 1 is 1.11 bits per heavy atom. The molecule has 28 heavy (non-hydrogen) atoms. The van der Waals surface area contributed by atoms with E-state index in [1.807, 2.05) is 6.92 Å². The van der Waals surface area contributed by atoms with Crippen molar-refractivity contribution in [2.24, 2.45) is 5.73 Å². The fourth-order valence-electron chi connectivity index (χ4n) is 3.62. The zero-order chi connectivity index (χ0) is 19.8. The molecule has 2 aromatic carbocycles. The van der Waals surface area contributed by atoms with Crippen molar-refractivity contribution in [3.05, 3.63) is 59.2 Å². The van der Waals surface area contributed by atoms with Crippen LogP contribution in [0.3, 0.4) is 0 Å². The first-order valence-electron chi connectivity index (χ1n) is 9.30. The summed E-state index contributed by atoms with van der Waals surface area (Å²) in [4.78, 5) is 41.1. The number of nitrogens with two attached hydrogens (primary N) is 1. The maximum absolute atomic E-state index is 12.9. The Bertz CT molecular complexity index is 955. The Balaban J connectivity index is 1.61. The van der Waals surface area contributed by atoms with Crippen LogP contribution >= 0.6 is 0 Å². The number of carbonyl (C=O) groups excluding carboxylic acids is 3. The van der Waals surface area contributed by atoms with Crippen LogP contribution in [0, 0.1) is 0 Å². The van der Waals surface area contributed by atoms with Crippen LogP contribution in [0.4, 0.5) is 5.69 Å². The van der Waals surface area contributed by atoms with Crippen molar-refractivity contribution in [3.8, 4) is 5.75 Å². The van der Waals surface area contributed by atoms with E-state index in [9.17, 15) is 14.4 Å². The second kappa shape index (κ2) is 7.09. The van der Waals surface area contributed by atoms with Crippen LogP contribution in [-0.4, -0.2) is 48.4 Å². The van der Waals surface area contributed by atoms with E-state index in [1.165, 1.54) is 6.07 Å². The molecular formula is C21H21N3O4. The highest BCUT2D eigenvalue weighted by Gasteiger charge is 2.37. The van der Waals surface area contributed by atoms with E-state index in [2.05, 4.69) is 0 Å². The molecule has 1 fully saturated rings. The van der Waals surface area contributed by atoms with Crippen molar-refractivity contribution in [2.45, 2.75) is 19.4 Å². The van der Waals surface area contributed by atoms with Crippen LogP contribution in [0.25, 0.3) is 0 Å². The van der Waals surface area contributed by atoms with Gasteiger partial charge in [-0.2, -0.15) is 0 Å². The summed E-state index contributed by atoms with van der Waals surface area (Å²) in [5.41, 5.74) is 7.28.